The van der Waals surface area contributed by atoms with Crippen molar-refractivity contribution < 1.29 is 0 Å². The Morgan fingerprint density at radius 3 is 2.71 bits per heavy atom. The molecular formula is C16H19N. The van der Waals surface area contributed by atoms with E-state index >= 15 is 0 Å². The van der Waals surface area contributed by atoms with Crippen LogP contribution in [0.4, 0.5) is 0 Å². The molecule has 2 atom stereocenters. The van der Waals surface area contributed by atoms with Gasteiger partial charge in [0.1, 0.15) is 0 Å². The highest BCUT2D eigenvalue weighted by atomic mass is 14.9. The van der Waals surface area contributed by atoms with Gasteiger partial charge in [-0.2, -0.15) is 0 Å². The van der Waals surface area contributed by atoms with Crippen LogP contribution in [0.25, 0.3) is 10.8 Å². The van der Waals surface area contributed by atoms with Crippen LogP contribution in [0.2, 0.25) is 0 Å². The molecule has 0 aliphatic carbocycles. The van der Waals surface area contributed by atoms with E-state index in [0.29, 0.717) is 5.92 Å². The normalized spacial score (nSPS) is 25.0. The molecule has 0 radical (unpaired) electrons. The van der Waals surface area contributed by atoms with Crippen molar-refractivity contribution >= 4 is 10.8 Å². The smallest absolute Gasteiger partial charge is 0.00205 e. The fourth-order valence-electron chi connectivity index (χ4n) is 3.00. The van der Waals surface area contributed by atoms with Gasteiger partial charge in [0.15, 0.2) is 0 Å². The molecule has 0 bridgehead atoms. The lowest BCUT2D eigenvalue weighted by Gasteiger charge is -2.28. The quantitative estimate of drug-likeness (QED) is 0.782. The van der Waals surface area contributed by atoms with Crippen molar-refractivity contribution in [2.75, 3.05) is 13.1 Å². The van der Waals surface area contributed by atoms with Crippen LogP contribution in [0, 0.1) is 5.92 Å². The standard InChI is InChI=1S/C16H19N/c1-12-9-14(11-17-10-12)16-8-4-6-13-5-2-3-7-15(13)16/h2-8,12,14,17H,9-11H2,1H3. The van der Waals surface area contributed by atoms with Crippen LogP contribution < -0.4 is 5.32 Å². The number of nitrogens with one attached hydrogen (secondary N) is 1. The summed E-state index contributed by atoms with van der Waals surface area (Å²) in [5.74, 6) is 1.46. The molecule has 88 valence electrons. The zero-order valence-electron chi connectivity index (χ0n) is 10.3. The first-order valence-corrected chi connectivity index (χ1v) is 6.53. The Hall–Kier alpha value is -1.34. The highest BCUT2D eigenvalue weighted by molar-refractivity contribution is 5.86. The second kappa shape index (κ2) is 4.50. The topological polar surface area (TPSA) is 12.0 Å². The zero-order chi connectivity index (χ0) is 11.7. The van der Waals surface area contributed by atoms with Gasteiger partial charge in [-0.05, 0) is 41.1 Å². The summed E-state index contributed by atoms with van der Waals surface area (Å²) < 4.78 is 0. The molecule has 1 fully saturated rings. The van der Waals surface area contributed by atoms with Crippen molar-refractivity contribution in [3.05, 3.63) is 48.0 Å². The van der Waals surface area contributed by atoms with Crippen molar-refractivity contribution in [3.8, 4) is 0 Å². The van der Waals surface area contributed by atoms with Crippen molar-refractivity contribution in [3.63, 3.8) is 0 Å². The van der Waals surface area contributed by atoms with Crippen LogP contribution in [-0.4, -0.2) is 13.1 Å². The first-order chi connectivity index (χ1) is 8.34. The maximum Gasteiger partial charge on any atom is 0.00205 e. The van der Waals surface area contributed by atoms with Gasteiger partial charge in [-0.15, -0.1) is 0 Å². The molecule has 1 saturated heterocycles. The summed E-state index contributed by atoms with van der Waals surface area (Å²) >= 11 is 0. The summed E-state index contributed by atoms with van der Waals surface area (Å²) in [7, 11) is 0. The fraction of sp³-hybridized carbons (Fsp3) is 0.375. The Morgan fingerprint density at radius 1 is 1.00 bits per heavy atom. The SMILES string of the molecule is CC1CNCC(c2cccc3ccccc23)C1. The molecule has 2 unspecified atom stereocenters. The van der Waals surface area contributed by atoms with E-state index < -0.39 is 0 Å². The lowest BCUT2D eigenvalue weighted by molar-refractivity contribution is 0.365. The molecule has 1 aliphatic rings. The number of benzene rings is 2. The molecular weight excluding hydrogens is 206 g/mol. The fourth-order valence-corrected chi connectivity index (χ4v) is 3.00. The van der Waals surface area contributed by atoms with Crippen LogP contribution in [-0.2, 0) is 0 Å². The van der Waals surface area contributed by atoms with Crippen molar-refractivity contribution in [1.82, 2.24) is 5.32 Å². The number of piperidine rings is 1. The van der Waals surface area contributed by atoms with Gasteiger partial charge in [-0.1, -0.05) is 49.4 Å². The molecule has 3 rings (SSSR count). The molecule has 1 heteroatoms. The molecule has 1 N–H and O–H groups in total. The number of hydrogen-bond donors (Lipinski definition) is 1. The molecule has 1 nitrogen and oxygen atoms in total. The highest BCUT2D eigenvalue weighted by Crippen LogP contribution is 2.31. The third-order valence-corrected chi connectivity index (χ3v) is 3.83. The molecule has 0 aromatic heterocycles. The van der Waals surface area contributed by atoms with Gasteiger partial charge in [-0.3, -0.25) is 0 Å². The summed E-state index contributed by atoms with van der Waals surface area (Å²) in [6.45, 7) is 4.63. The summed E-state index contributed by atoms with van der Waals surface area (Å²) in [5, 5.41) is 6.34. The second-order valence-electron chi connectivity index (χ2n) is 5.26. The molecule has 2 aromatic rings. The summed E-state index contributed by atoms with van der Waals surface area (Å²) in [5.41, 5.74) is 1.52. The van der Waals surface area contributed by atoms with Crippen LogP contribution in [0.15, 0.2) is 42.5 Å². The monoisotopic (exact) mass is 225 g/mol. The van der Waals surface area contributed by atoms with Gasteiger partial charge < -0.3 is 5.32 Å². The van der Waals surface area contributed by atoms with E-state index in [1.165, 1.54) is 29.3 Å². The van der Waals surface area contributed by atoms with E-state index in [2.05, 4.69) is 54.7 Å². The molecule has 0 spiro atoms. The second-order valence-corrected chi connectivity index (χ2v) is 5.26. The highest BCUT2D eigenvalue weighted by Gasteiger charge is 2.21. The Labute approximate surface area is 103 Å². The average Bonchev–Trinajstić information content (AvgIpc) is 2.38. The number of rotatable bonds is 1. The molecule has 1 heterocycles. The minimum absolute atomic E-state index is 0.671. The van der Waals surface area contributed by atoms with Gasteiger partial charge >= 0.3 is 0 Å². The maximum atomic E-state index is 3.55. The summed E-state index contributed by atoms with van der Waals surface area (Å²) in [4.78, 5) is 0. The predicted octanol–water partition coefficient (Wildman–Crippen LogP) is 3.55. The molecule has 1 aliphatic heterocycles. The Bertz CT molecular complexity index is 512. The largest absolute Gasteiger partial charge is 0.316 e. The van der Waals surface area contributed by atoms with E-state index in [1.807, 2.05) is 0 Å². The first kappa shape index (κ1) is 10.8. The average molecular weight is 225 g/mol. The van der Waals surface area contributed by atoms with Gasteiger partial charge in [-0.25, -0.2) is 0 Å². The van der Waals surface area contributed by atoms with Crippen molar-refractivity contribution in [1.29, 1.82) is 0 Å². The third-order valence-electron chi connectivity index (χ3n) is 3.83. The van der Waals surface area contributed by atoms with E-state index in [4.69, 9.17) is 0 Å². The van der Waals surface area contributed by atoms with Gasteiger partial charge in [0.05, 0.1) is 0 Å². The predicted molar refractivity (Wildman–Crippen MR) is 73.3 cm³/mol. The third kappa shape index (κ3) is 2.07. The maximum absolute atomic E-state index is 3.55. The van der Waals surface area contributed by atoms with E-state index in [-0.39, 0.29) is 0 Å². The van der Waals surface area contributed by atoms with Gasteiger partial charge in [0, 0.05) is 6.54 Å². The van der Waals surface area contributed by atoms with Crippen LogP contribution >= 0.6 is 0 Å². The molecule has 2 aromatic carbocycles. The van der Waals surface area contributed by atoms with E-state index in [0.717, 1.165) is 12.5 Å². The minimum Gasteiger partial charge on any atom is -0.316 e. The Balaban J connectivity index is 2.04. The summed E-state index contributed by atoms with van der Waals surface area (Å²) in [6, 6.07) is 15.4. The zero-order valence-corrected chi connectivity index (χ0v) is 10.3. The Morgan fingerprint density at radius 2 is 1.82 bits per heavy atom. The molecule has 17 heavy (non-hydrogen) atoms. The van der Waals surface area contributed by atoms with Crippen LogP contribution in [0.3, 0.4) is 0 Å². The van der Waals surface area contributed by atoms with Gasteiger partial charge in [0.2, 0.25) is 0 Å². The van der Waals surface area contributed by atoms with E-state index in [9.17, 15) is 0 Å². The molecule has 0 amide bonds. The van der Waals surface area contributed by atoms with Gasteiger partial charge in [0.25, 0.3) is 0 Å². The number of hydrogen-bond acceptors (Lipinski definition) is 1. The summed E-state index contributed by atoms with van der Waals surface area (Å²) in [6.07, 6.45) is 1.31. The Kier molecular flexibility index (Phi) is 2.86. The van der Waals surface area contributed by atoms with Crippen LogP contribution in [0.5, 0.6) is 0 Å². The first-order valence-electron chi connectivity index (χ1n) is 6.53. The lowest BCUT2D eigenvalue weighted by Crippen LogP contribution is -2.33. The van der Waals surface area contributed by atoms with Crippen LogP contribution in [0.1, 0.15) is 24.8 Å². The number of fused-ring (bicyclic) bond motifs is 1. The lowest BCUT2D eigenvalue weighted by atomic mass is 9.84. The molecule has 0 saturated carbocycles. The van der Waals surface area contributed by atoms with Crippen molar-refractivity contribution in [2.45, 2.75) is 19.3 Å². The minimum atomic E-state index is 0.671. The van der Waals surface area contributed by atoms with Crippen molar-refractivity contribution in [2.24, 2.45) is 5.92 Å². The van der Waals surface area contributed by atoms with E-state index in [1.54, 1.807) is 0 Å².